The third-order valence-corrected chi connectivity index (χ3v) is 10.3. The Morgan fingerprint density at radius 1 is 1.19 bits per heavy atom. The van der Waals surface area contributed by atoms with E-state index < -0.39 is 14.2 Å². The molecule has 0 radical (unpaired) electrons. The minimum atomic E-state index is -1.78. The maximum atomic E-state index is 11.5. The highest BCUT2D eigenvalue weighted by Gasteiger charge is 2.40. The molecule has 0 aliphatic rings. The summed E-state index contributed by atoms with van der Waals surface area (Å²) in [4.78, 5) is 11.5. The summed E-state index contributed by atoms with van der Waals surface area (Å²) < 4.78 is 11.3. The molecule has 0 bridgehead atoms. The van der Waals surface area contributed by atoms with E-state index in [1.165, 1.54) is 13.3 Å². The second-order valence-corrected chi connectivity index (χ2v) is 13.6. The lowest BCUT2D eigenvalue weighted by Gasteiger charge is -2.34. The molecule has 1 unspecified atom stereocenters. The van der Waals surface area contributed by atoms with Crippen molar-refractivity contribution in [3.05, 3.63) is 17.9 Å². The lowest BCUT2D eigenvalue weighted by atomic mass is 10.2. The summed E-state index contributed by atoms with van der Waals surface area (Å²) in [5.41, 5.74) is 0.812. The molecular formula is C23H34O3Si. The summed E-state index contributed by atoms with van der Waals surface area (Å²) >= 11 is 0. The van der Waals surface area contributed by atoms with Crippen LogP contribution in [0, 0.1) is 23.7 Å². The van der Waals surface area contributed by atoms with Crippen molar-refractivity contribution in [2.75, 3.05) is 0 Å². The highest BCUT2D eigenvalue weighted by atomic mass is 28.3. The van der Waals surface area contributed by atoms with Crippen molar-refractivity contribution in [1.82, 2.24) is 0 Å². The van der Waals surface area contributed by atoms with E-state index in [2.05, 4.69) is 64.5 Å². The maximum absolute atomic E-state index is 11.5. The van der Waals surface area contributed by atoms with Crippen molar-refractivity contribution >= 4 is 19.4 Å². The number of carbonyl (C=O) groups excluding carboxylic acids is 1. The topological polar surface area (TPSA) is 39.4 Å². The van der Waals surface area contributed by atoms with Gasteiger partial charge in [0, 0.05) is 31.7 Å². The SMILES string of the molecule is CCCCC#CCCC#CC(OC(C)=O)c1coc([Si](C)(C)C(C)(C)C)c1. The fraction of sp³-hybridized carbons (Fsp3) is 0.609. The number of rotatable bonds is 6. The molecule has 1 heterocycles. The van der Waals surface area contributed by atoms with Gasteiger partial charge in [-0.1, -0.05) is 59.1 Å². The van der Waals surface area contributed by atoms with Crippen molar-refractivity contribution in [1.29, 1.82) is 0 Å². The monoisotopic (exact) mass is 386 g/mol. The molecule has 0 N–H and O–H groups in total. The predicted molar refractivity (Wildman–Crippen MR) is 114 cm³/mol. The largest absolute Gasteiger partial charge is 0.474 e. The molecule has 1 atom stereocenters. The van der Waals surface area contributed by atoms with Crippen LogP contribution in [0.2, 0.25) is 18.1 Å². The molecule has 0 amide bonds. The van der Waals surface area contributed by atoms with Gasteiger partial charge < -0.3 is 9.15 Å². The molecule has 0 saturated heterocycles. The lowest BCUT2D eigenvalue weighted by Crippen LogP contribution is -2.48. The second kappa shape index (κ2) is 10.4. The Bertz CT molecular complexity index is 729. The van der Waals surface area contributed by atoms with Gasteiger partial charge in [0.15, 0.2) is 6.10 Å². The smallest absolute Gasteiger partial charge is 0.304 e. The Kier molecular flexibility index (Phi) is 8.93. The van der Waals surface area contributed by atoms with Crippen LogP contribution < -0.4 is 5.38 Å². The minimum Gasteiger partial charge on any atom is -0.474 e. The zero-order valence-corrected chi connectivity index (χ0v) is 19.0. The van der Waals surface area contributed by atoms with Crippen LogP contribution in [0.25, 0.3) is 0 Å². The molecule has 0 fully saturated rings. The predicted octanol–water partition coefficient (Wildman–Crippen LogP) is 5.58. The second-order valence-electron chi connectivity index (χ2n) is 8.39. The van der Waals surface area contributed by atoms with E-state index in [1.807, 2.05) is 6.07 Å². The number of esters is 1. The van der Waals surface area contributed by atoms with Crippen LogP contribution in [0.5, 0.6) is 0 Å². The molecule has 27 heavy (non-hydrogen) atoms. The van der Waals surface area contributed by atoms with Crippen molar-refractivity contribution in [3.8, 4) is 23.7 Å². The quantitative estimate of drug-likeness (QED) is 0.277. The minimum absolute atomic E-state index is 0.168. The van der Waals surface area contributed by atoms with Gasteiger partial charge in [-0.3, -0.25) is 4.79 Å². The fourth-order valence-electron chi connectivity index (χ4n) is 2.26. The van der Waals surface area contributed by atoms with E-state index in [4.69, 9.17) is 9.15 Å². The zero-order valence-electron chi connectivity index (χ0n) is 18.0. The Balaban J connectivity index is 2.86. The summed E-state index contributed by atoms with van der Waals surface area (Å²) in [7, 11) is -1.78. The van der Waals surface area contributed by atoms with Gasteiger partial charge in [-0.05, 0) is 17.5 Å². The Morgan fingerprint density at radius 3 is 2.41 bits per heavy atom. The van der Waals surface area contributed by atoms with Crippen LogP contribution in [0.4, 0.5) is 0 Å². The molecule has 0 aliphatic carbocycles. The number of carbonyl (C=O) groups is 1. The van der Waals surface area contributed by atoms with E-state index in [1.54, 1.807) is 6.26 Å². The van der Waals surface area contributed by atoms with Gasteiger partial charge in [-0.2, -0.15) is 0 Å². The maximum Gasteiger partial charge on any atom is 0.304 e. The first-order valence-electron chi connectivity index (χ1n) is 9.79. The summed E-state index contributed by atoms with van der Waals surface area (Å²) in [5.74, 6) is 12.1. The van der Waals surface area contributed by atoms with E-state index in [0.717, 1.165) is 30.2 Å². The molecule has 1 aromatic heterocycles. The van der Waals surface area contributed by atoms with Crippen LogP contribution in [0.15, 0.2) is 16.7 Å². The molecular weight excluding hydrogens is 352 g/mol. The summed E-state index contributed by atoms with van der Waals surface area (Å²) in [5, 5.41) is 1.17. The average molecular weight is 387 g/mol. The highest BCUT2D eigenvalue weighted by molar-refractivity contribution is 6.91. The Hall–Kier alpha value is -1.91. The van der Waals surface area contributed by atoms with Gasteiger partial charge in [-0.15, -0.1) is 11.8 Å². The average Bonchev–Trinajstić information content (AvgIpc) is 3.05. The van der Waals surface area contributed by atoms with E-state index in [-0.39, 0.29) is 11.0 Å². The Labute approximate surface area is 166 Å². The van der Waals surface area contributed by atoms with E-state index in [9.17, 15) is 4.79 Å². The van der Waals surface area contributed by atoms with Gasteiger partial charge >= 0.3 is 5.97 Å². The van der Waals surface area contributed by atoms with Crippen molar-refractivity contribution in [3.63, 3.8) is 0 Å². The highest BCUT2D eigenvalue weighted by Crippen LogP contribution is 2.36. The molecule has 0 aliphatic heterocycles. The van der Waals surface area contributed by atoms with E-state index >= 15 is 0 Å². The summed E-state index contributed by atoms with van der Waals surface area (Å²) in [6.45, 7) is 14.9. The summed E-state index contributed by atoms with van der Waals surface area (Å²) in [6, 6.07) is 2.02. The van der Waals surface area contributed by atoms with Gasteiger partial charge in [0.25, 0.3) is 0 Å². The first-order chi connectivity index (χ1) is 12.6. The van der Waals surface area contributed by atoms with Crippen LogP contribution in [0.1, 0.15) is 78.4 Å². The fourth-order valence-corrected chi connectivity index (χ4v) is 3.88. The molecule has 1 rings (SSSR count). The van der Waals surface area contributed by atoms with Crippen LogP contribution in [0.3, 0.4) is 0 Å². The molecule has 0 spiro atoms. The lowest BCUT2D eigenvalue weighted by molar-refractivity contribution is -0.144. The van der Waals surface area contributed by atoms with Gasteiger partial charge in [0.05, 0.1) is 11.6 Å². The van der Waals surface area contributed by atoms with Crippen LogP contribution >= 0.6 is 0 Å². The van der Waals surface area contributed by atoms with Crippen LogP contribution in [-0.2, 0) is 9.53 Å². The number of unbranched alkanes of at least 4 members (excludes halogenated alkanes) is 3. The molecule has 1 aromatic rings. The third-order valence-electron chi connectivity index (χ3n) is 5.09. The first kappa shape index (κ1) is 23.1. The third kappa shape index (κ3) is 7.31. The molecule has 4 heteroatoms. The van der Waals surface area contributed by atoms with Crippen LogP contribution in [-0.4, -0.2) is 14.0 Å². The standard InChI is InChI=1S/C23H34O3Si/c1-8-9-10-11-12-13-14-15-16-21(26-19(2)24)20-17-22(25-18-20)27(6,7)23(3,4)5/h17-18,21H,8-10,13-14H2,1-7H3. The summed E-state index contributed by atoms with van der Waals surface area (Å²) in [6.07, 6.45) is 5.77. The van der Waals surface area contributed by atoms with Gasteiger partial charge in [-0.25, -0.2) is 0 Å². The number of furan rings is 1. The van der Waals surface area contributed by atoms with Gasteiger partial charge in [0.1, 0.15) is 8.07 Å². The molecule has 0 aromatic carbocycles. The van der Waals surface area contributed by atoms with Crippen molar-refractivity contribution in [2.24, 2.45) is 0 Å². The van der Waals surface area contributed by atoms with Crippen molar-refractivity contribution < 1.29 is 13.9 Å². The molecule has 0 saturated carbocycles. The first-order valence-corrected chi connectivity index (χ1v) is 12.8. The number of hydrogen-bond donors (Lipinski definition) is 0. The number of hydrogen-bond acceptors (Lipinski definition) is 3. The van der Waals surface area contributed by atoms with Gasteiger partial charge in [0.2, 0.25) is 0 Å². The van der Waals surface area contributed by atoms with E-state index in [0.29, 0.717) is 6.42 Å². The molecule has 148 valence electrons. The van der Waals surface area contributed by atoms with Crippen molar-refractivity contribution in [2.45, 2.75) is 91.0 Å². The Morgan fingerprint density at radius 2 is 1.81 bits per heavy atom. The zero-order chi connectivity index (χ0) is 20.5. The number of ether oxygens (including phenoxy) is 1. The molecule has 3 nitrogen and oxygen atoms in total. The normalized spacial score (nSPS) is 12.4.